The summed E-state index contributed by atoms with van der Waals surface area (Å²) in [5, 5.41) is 2.02. The van der Waals surface area contributed by atoms with E-state index in [1.54, 1.807) is 0 Å². The first-order chi connectivity index (χ1) is 6.74. The Labute approximate surface area is 82.1 Å². The second kappa shape index (κ2) is 5.14. The Kier molecular flexibility index (Phi) is 3.82. The standard InChI is InChI=1S/C10H12N2O2/c11-9(10(14)12-7-13)6-8-4-2-1-3-5-8/h1-5,7,9H,6,11H2,(H,12,13,14)/t9-/m1/s1. The van der Waals surface area contributed by atoms with E-state index >= 15 is 0 Å². The summed E-state index contributed by atoms with van der Waals surface area (Å²) in [6.45, 7) is 0. The van der Waals surface area contributed by atoms with Gasteiger partial charge in [0.1, 0.15) is 0 Å². The summed E-state index contributed by atoms with van der Waals surface area (Å²) in [6.07, 6.45) is 0.772. The first kappa shape index (κ1) is 10.4. The summed E-state index contributed by atoms with van der Waals surface area (Å²) in [5.41, 5.74) is 6.54. The van der Waals surface area contributed by atoms with Gasteiger partial charge >= 0.3 is 0 Å². The van der Waals surface area contributed by atoms with E-state index < -0.39 is 11.9 Å². The second-order valence-corrected chi connectivity index (χ2v) is 2.92. The van der Waals surface area contributed by atoms with Gasteiger partial charge in [-0.25, -0.2) is 0 Å². The Morgan fingerprint density at radius 3 is 2.64 bits per heavy atom. The van der Waals surface area contributed by atoms with Crippen LogP contribution in [-0.4, -0.2) is 18.4 Å². The van der Waals surface area contributed by atoms with Gasteiger partial charge in [-0.2, -0.15) is 0 Å². The molecule has 0 heterocycles. The van der Waals surface area contributed by atoms with Crippen LogP contribution < -0.4 is 11.1 Å². The average molecular weight is 192 g/mol. The molecular weight excluding hydrogens is 180 g/mol. The first-order valence-corrected chi connectivity index (χ1v) is 4.27. The molecule has 1 atom stereocenters. The topological polar surface area (TPSA) is 72.2 Å². The van der Waals surface area contributed by atoms with Crippen LogP contribution >= 0.6 is 0 Å². The SMILES string of the molecule is N[C@H](Cc1ccccc1)C(=O)NC=O. The van der Waals surface area contributed by atoms with E-state index in [0.29, 0.717) is 12.8 Å². The van der Waals surface area contributed by atoms with Crippen molar-refractivity contribution < 1.29 is 9.59 Å². The first-order valence-electron chi connectivity index (χ1n) is 4.27. The maximum Gasteiger partial charge on any atom is 0.243 e. The number of hydrogen-bond donors (Lipinski definition) is 2. The molecule has 1 aromatic rings. The van der Waals surface area contributed by atoms with Crippen LogP contribution in [0.25, 0.3) is 0 Å². The molecule has 0 spiro atoms. The zero-order valence-electron chi connectivity index (χ0n) is 7.64. The van der Waals surface area contributed by atoms with Crippen molar-refractivity contribution in [2.45, 2.75) is 12.5 Å². The number of nitrogens with two attached hydrogens (primary N) is 1. The zero-order valence-corrected chi connectivity index (χ0v) is 7.64. The lowest BCUT2D eigenvalue weighted by Gasteiger charge is -2.08. The summed E-state index contributed by atoms with van der Waals surface area (Å²) in [5.74, 6) is -0.455. The Morgan fingerprint density at radius 2 is 2.07 bits per heavy atom. The fourth-order valence-corrected chi connectivity index (χ4v) is 1.13. The van der Waals surface area contributed by atoms with E-state index in [1.807, 2.05) is 35.6 Å². The lowest BCUT2D eigenvalue weighted by atomic mass is 10.1. The molecule has 0 aliphatic rings. The van der Waals surface area contributed by atoms with Gasteiger partial charge < -0.3 is 5.73 Å². The van der Waals surface area contributed by atoms with Gasteiger partial charge in [-0.1, -0.05) is 30.3 Å². The highest BCUT2D eigenvalue weighted by atomic mass is 16.2. The highest BCUT2D eigenvalue weighted by molar-refractivity contribution is 5.89. The largest absolute Gasteiger partial charge is 0.320 e. The molecule has 2 amide bonds. The van der Waals surface area contributed by atoms with Crippen molar-refractivity contribution in [1.82, 2.24) is 5.32 Å². The summed E-state index contributed by atoms with van der Waals surface area (Å²) in [7, 11) is 0. The molecule has 4 nitrogen and oxygen atoms in total. The van der Waals surface area contributed by atoms with Crippen molar-refractivity contribution in [3.8, 4) is 0 Å². The lowest BCUT2D eigenvalue weighted by Crippen LogP contribution is -2.41. The Balaban J connectivity index is 2.52. The van der Waals surface area contributed by atoms with Crippen molar-refractivity contribution in [1.29, 1.82) is 0 Å². The van der Waals surface area contributed by atoms with Crippen molar-refractivity contribution >= 4 is 12.3 Å². The van der Waals surface area contributed by atoms with Crippen LogP contribution in [0.4, 0.5) is 0 Å². The Bertz CT molecular complexity index is 311. The van der Waals surface area contributed by atoms with E-state index in [4.69, 9.17) is 5.73 Å². The molecule has 0 saturated carbocycles. The van der Waals surface area contributed by atoms with E-state index in [1.165, 1.54) is 0 Å². The van der Waals surface area contributed by atoms with Crippen molar-refractivity contribution in [3.63, 3.8) is 0 Å². The van der Waals surface area contributed by atoms with E-state index in [0.717, 1.165) is 5.56 Å². The van der Waals surface area contributed by atoms with E-state index in [9.17, 15) is 9.59 Å². The molecule has 1 rings (SSSR count). The number of amides is 2. The van der Waals surface area contributed by atoms with Gasteiger partial charge in [0.15, 0.2) is 0 Å². The molecule has 74 valence electrons. The van der Waals surface area contributed by atoms with Crippen LogP contribution in [0.1, 0.15) is 5.56 Å². The number of carbonyl (C=O) groups is 2. The number of hydrogen-bond acceptors (Lipinski definition) is 3. The molecule has 0 aliphatic heterocycles. The third kappa shape index (κ3) is 2.99. The molecule has 0 aliphatic carbocycles. The van der Waals surface area contributed by atoms with Crippen LogP contribution in [-0.2, 0) is 16.0 Å². The van der Waals surface area contributed by atoms with Gasteiger partial charge in [-0.05, 0) is 12.0 Å². The van der Waals surface area contributed by atoms with Crippen molar-refractivity contribution in [2.75, 3.05) is 0 Å². The zero-order chi connectivity index (χ0) is 10.4. The molecule has 14 heavy (non-hydrogen) atoms. The molecule has 3 N–H and O–H groups in total. The van der Waals surface area contributed by atoms with Gasteiger partial charge in [0, 0.05) is 0 Å². The van der Waals surface area contributed by atoms with Gasteiger partial charge in [-0.3, -0.25) is 14.9 Å². The summed E-state index contributed by atoms with van der Waals surface area (Å²) in [6, 6.07) is 8.73. The highest BCUT2D eigenvalue weighted by Gasteiger charge is 2.12. The lowest BCUT2D eigenvalue weighted by molar-refractivity contribution is -0.126. The van der Waals surface area contributed by atoms with Crippen LogP contribution in [0.2, 0.25) is 0 Å². The summed E-state index contributed by atoms with van der Waals surface area (Å²) >= 11 is 0. The number of rotatable bonds is 4. The highest BCUT2D eigenvalue weighted by Crippen LogP contribution is 2.01. The Morgan fingerprint density at radius 1 is 1.43 bits per heavy atom. The maximum atomic E-state index is 11.1. The fourth-order valence-electron chi connectivity index (χ4n) is 1.13. The number of imide groups is 1. The van der Waals surface area contributed by atoms with Gasteiger partial charge in [0.25, 0.3) is 0 Å². The molecule has 1 aromatic carbocycles. The molecule has 4 heteroatoms. The molecule has 0 bridgehead atoms. The molecule has 0 unspecified atom stereocenters. The normalized spacial score (nSPS) is 11.8. The molecular formula is C10H12N2O2. The fraction of sp³-hybridized carbons (Fsp3) is 0.200. The number of benzene rings is 1. The smallest absolute Gasteiger partial charge is 0.243 e. The van der Waals surface area contributed by atoms with E-state index in [2.05, 4.69) is 0 Å². The second-order valence-electron chi connectivity index (χ2n) is 2.92. The summed E-state index contributed by atoms with van der Waals surface area (Å²) in [4.78, 5) is 21.1. The van der Waals surface area contributed by atoms with Crippen molar-refractivity contribution in [3.05, 3.63) is 35.9 Å². The van der Waals surface area contributed by atoms with Crippen LogP contribution in [0.3, 0.4) is 0 Å². The number of nitrogens with one attached hydrogen (secondary N) is 1. The third-order valence-corrected chi connectivity index (χ3v) is 1.84. The molecule has 0 aromatic heterocycles. The van der Waals surface area contributed by atoms with Crippen molar-refractivity contribution in [2.24, 2.45) is 5.73 Å². The predicted molar refractivity (Wildman–Crippen MR) is 52.3 cm³/mol. The molecule has 0 radical (unpaired) electrons. The third-order valence-electron chi connectivity index (χ3n) is 1.84. The predicted octanol–water partition coefficient (Wildman–Crippen LogP) is -0.171. The van der Waals surface area contributed by atoms with Gasteiger partial charge in [0.05, 0.1) is 6.04 Å². The molecule has 0 saturated heterocycles. The number of carbonyl (C=O) groups excluding carboxylic acids is 2. The Hall–Kier alpha value is -1.68. The minimum atomic E-state index is -0.678. The summed E-state index contributed by atoms with van der Waals surface area (Å²) < 4.78 is 0. The van der Waals surface area contributed by atoms with Crippen LogP contribution in [0.15, 0.2) is 30.3 Å². The average Bonchev–Trinajstić information content (AvgIpc) is 2.19. The van der Waals surface area contributed by atoms with Gasteiger partial charge in [-0.15, -0.1) is 0 Å². The van der Waals surface area contributed by atoms with Crippen LogP contribution in [0.5, 0.6) is 0 Å². The minimum Gasteiger partial charge on any atom is -0.320 e. The minimum absolute atomic E-state index is 0.340. The van der Waals surface area contributed by atoms with E-state index in [-0.39, 0.29) is 0 Å². The van der Waals surface area contributed by atoms with Gasteiger partial charge in [0.2, 0.25) is 12.3 Å². The maximum absolute atomic E-state index is 11.1. The monoisotopic (exact) mass is 192 g/mol. The quantitative estimate of drug-likeness (QED) is 0.650. The molecule has 0 fully saturated rings. The van der Waals surface area contributed by atoms with Crippen LogP contribution in [0, 0.1) is 0 Å².